The van der Waals surface area contributed by atoms with Gasteiger partial charge in [-0.1, -0.05) is 18.2 Å². The molecule has 1 aromatic heterocycles. The molecule has 3 aliphatic rings. The summed E-state index contributed by atoms with van der Waals surface area (Å²) >= 11 is 0. The highest BCUT2D eigenvalue weighted by Crippen LogP contribution is 2.28. The summed E-state index contributed by atoms with van der Waals surface area (Å²) in [6.45, 7) is 4.80. The molecule has 5 heteroatoms. The number of amides is 1. The van der Waals surface area contributed by atoms with Gasteiger partial charge in [-0.3, -0.25) is 9.69 Å². The second kappa shape index (κ2) is 6.06. The second-order valence-corrected chi connectivity index (χ2v) is 7.15. The van der Waals surface area contributed by atoms with Crippen molar-refractivity contribution in [3.05, 3.63) is 47.8 Å². The summed E-state index contributed by atoms with van der Waals surface area (Å²) in [4.78, 5) is 16.7. The van der Waals surface area contributed by atoms with Crippen LogP contribution in [0.3, 0.4) is 0 Å². The molecule has 0 spiro atoms. The highest BCUT2D eigenvalue weighted by atomic mass is 16.2. The predicted octanol–water partition coefficient (Wildman–Crippen LogP) is 2.23. The van der Waals surface area contributed by atoms with Gasteiger partial charge in [0.25, 0.3) is 0 Å². The van der Waals surface area contributed by atoms with E-state index in [-0.39, 0.29) is 5.92 Å². The monoisotopic (exact) mass is 324 g/mol. The van der Waals surface area contributed by atoms with Crippen LogP contribution in [0.4, 0.5) is 0 Å². The smallest absolute Gasteiger partial charge is 0.227 e. The maximum absolute atomic E-state index is 12.3. The Bertz CT molecular complexity index is 753. The first-order valence-corrected chi connectivity index (χ1v) is 8.70. The maximum Gasteiger partial charge on any atom is 0.227 e. The van der Waals surface area contributed by atoms with Gasteiger partial charge in [0, 0.05) is 44.5 Å². The molecule has 1 amide bonds. The number of piperidine rings is 1. The van der Waals surface area contributed by atoms with Crippen molar-refractivity contribution >= 4 is 5.91 Å². The van der Waals surface area contributed by atoms with E-state index in [1.54, 1.807) is 0 Å². The molecular formula is C19H24N4O. The van der Waals surface area contributed by atoms with Crippen molar-refractivity contribution in [3.63, 3.8) is 0 Å². The quantitative estimate of drug-likeness (QED) is 0.869. The number of nitrogens with zero attached hydrogens (tertiary/aromatic N) is 4. The van der Waals surface area contributed by atoms with Crippen LogP contribution in [0.5, 0.6) is 0 Å². The summed E-state index contributed by atoms with van der Waals surface area (Å²) in [5.41, 5.74) is 3.54. The first kappa shape index (κ1) is 15.4. The number of carbonyl (C=O) groups excluding carboxylic acids is 1. The Balaban J connectivity index is 1.51. The number of rotatable bonds is 3. The average Bonchev–Trinajstić information content (AvgIpc) is 2.88. The van der Waals surface area contributed by atoms with Gasteiger partial charge in [0.1, 0.15) is 0 Å². The lowest BCUT2D eigenvalue weighted by atomic mass is 9.95. The van der Waals surface area contributed by atoms with Crippen LogP contribution < -0.4 is 0 Å². The van der Waals surface area contributed by atoms with Crippen molar-refractivity contribution in [1.82, 2.24) is 19.6 Å². The van der Waals surface area contributed by atoms with Crippen LogP contribution in [0.25, 0.3) is 5.69 Å². The summed E-state index contributed by atoms with van der Waals surface area (Å²) in [6, 6.07) is 8.64. The Kier molecular flexibility index (Phi) is 3.88. The van der Waals surface area contributed by atoms with E-state index in [0.717, 1.165) is 38.2 Å². The van der Waals surface area contributed by atoms with E-state index < -0.39 is 0 Å². The Hall–Kier alpha value is -2.14. The number of aryl methyl sites for hydroxylation is 1. The van der Waals surface area contributed by atoms with E-state index in [9.17, 15) is 4.79 Å². The zero-order valence-electron chi connectivity index (χ0n) is 14.4. The fourth-order valence-electron chi connectivity index (χ4n) is 4.03. The van der Waals surface area contributed by atoms with E-state index in [4.69, 9.17) is 0 Å². The van der Waals surface area contributed by atoms with Gasteiger partial charge in [0.15, 0.2) is 0 Å². The molecule has 0 N–H and O–H groups in total. The molecule has 3 saturated heterocycles. The number of para-hydroxylation sites is 1. The van der Waals surface area contributed by atoms with Crippen LogP contribution in [0.2, 0.25) is 0 Å². The van der Waals surface area contributed by atoms with Crippen molar-refractivity contribution in [2.24, 2.45) is 5.92 Å². The second-order valence-electron chi connectivity index (χ2n) is 7.15. The van der Waals surface area contributed by atoms with Crippen molar-refractivity contribution < 1.29 is 4.79 Å². The van der Waals surface area contributed by atoms with Crippen molar-refractivity contribution in [2.45, 2.75) is 32.4 Å². The standard InChI is InChI=1S/C19H24N4O/c1-14-5-3-4-6-18(14)23-11-15(9-20-23)10-22-12-16-7-8-17(13-22)21(2)19(16)24/h3-6,9,11,16-17H,7-8,10,12-13H2,1-2H3. The fourth-order valence-corrected chi connectivity index (χ4v) is 4.03. The van der Waals surface area contributed by atoms with E-state index in [2.05, 4.69) is 35.3 Å². The van der Waals surface area contributed by atoms with Gasteiger partial charge in [-0.05, 0) is 31.4 Å². The number of hydrogen-bond donors (Lipinski definition) is 0. The van der Waals surface area contributed by atoms with E-state index in [1.165, 1.54) is 11.1 Å². The average molecular weight is 324 g/mol. The minimum atomic E-state index is 0.167. The third-order valence-electron chi connectivity index (χ3n) is 5.44. The summed E-state index contributed by atoms with van der Waals surface area (Å²) in [5, 5.41) is 4.53. The Labute approximate surface area is 142 Å². The molecule has 2 aromatic rings. The van der Waals surface area contributed by atoms with Crippen LogP contribution in [0, 0.1) is 12.8 Å². The molecule has 1 aromatic carbocycles. The molecular weight excluding hydrogens is 300 g/mol. The minimum absolute atomic E-state index is 0.167. The molecule has 126 valence electrons. The summed E-state index contributed by atoms with van der Waals surface area (Å²) in [7, 11) is 1.96. The third kappa shape index (κ3) is 2.73. The van der Waals surface area contributed by atoms with Crippen LogP contribution in [0.1, 0.15) is 24.0 Å². The molecule has 24 heavy (non-hydrogen) atoms. The van der Waals surface area contributed by atoms with Gasteiger partial charge in [0.05, 0.1) is 17.8 Å². The van der Waals surface area contributed by atoms with Crippen LogP contribution in [-0.2, 0) is 11.3 Å². The van der Waals surface area contributed by atoms with Crippen LogP contribution >= 0.6 is 0 Å². The highest BCUT2D eigenvalue weighted by molar-refractivity contribution is 5.80. The zero-order valence-corrected chi connectivity index (χ0v) is 14.4. The van der Waals surface area contributed by atoms with E-state index >= 15 is 0 Å². The topological polar surface area (TPSA) is 41.4 Å². The molecule has 0 saturated carbocycles. The van der Waals surface area contributed by atoms with Crippen molar-refractivity contribution in [3.8, 4) is 5.69 Å². The molecule has 0 radical (unpaired) electrons. The van der Waals surface area contributed by atoms with Gasteiger partial charge in [-0.2, -0.15) is 5.10 Å². The first-order chi connectivity index (χ1) is 11.6. The van der Waals surface area contributed by atoms with Gasteiger partial charge in [0.2, 0.25) is 5.91 Å². The van der Waals surface area contributed by atoms with Crippen molar-refractivity contribution in [2.75, 3.05) is 20.1 Å². The van der Waals surface area contributed by atoms with Crippen molar-refractivity contribution in [1.29, 1.82) is 0 Å². The van der Waals surface area contributed by atoms with Crippen LogP contribution in [-0.4, -0.2) is 51.7 Å². The number of fused-ring (bicyclic) bond motifs is 4. The minimum Gasteiger partial charge on any atom is -0.341 e. The largest absolute Gasteiger partial charge is 0.341 e. The highest BCUT2D eigenvalue weighted by Gasteiger charge is 2.38. The van der Waals surface area contributed by atoms with Gasteiger partial charge in [-0.15, -0.1) is 0 Å². The fraction of sp³-hybridized carbons (Fsp3) is 0.474. The lowest BCUT2D eigenvalue weighted by Crippen LogP contribution is -2.45. The molecule has 3 fully saturated rings. The summed E-state index contributed by atoms with van der Waals surface area (Å²) < 4.78 is 1.95. The molecule has 2 bridgehead atoms. The predicted molar refractivity (Wildman–Crippen MR) is 92.9 cm³/mol. The third-order valence-corrected chi connectivity index (χ3v) is 5.44. The lowest BCUT2D eigenvalue weighted by Gasteiger charge is -2.32. The zero-order chi connectivity index (χ0) is 16.7. The van der Waals surface area contributed by atoms with Gasteiger partial charge < -0.3 is 4.90 Å². The molecule has 5 rings (SSSR count). The normalized spacial score (nSPS) is 24.4. The van der Waals surface area contributed by atoms with Crippen LogP contribution in [0.15, 0.2) is 36.7 Å². The number of aromatic nitrogens is 2. The number of likely N-dealkylation sites (N-methyl/N-ethyl adjacent to an activating group) is 1. The molecule has 0 aliphatic carbocycles. The lowest BCUT2D eigenvalue weighted by molar-refractivity contribution is -0.138. The van der Waals surface area contributed by atoms with Gasteiger partial charge >= 0.3 is 0 Å². The SMILES string of the molecule is Cc1ccccc1-n1cc(CN2CC3CCC(C2)N(C)C3=O)cn1. The Morgan fingerprint density at radius 1 is 1.21 bits per heavy atom. The summed E-state index contributed by atoms with van der Waals surface area (Å²) in [5.74, 6) is 0.490. The molecule has 3 aliphatic heterocycles. The van der Waals surface area contributed by atoms with Gasteiger partial charge in [-0.25, -0.2) is 4.68 Å². The molecule has 5 nitrogen and oxygen atoms in total. The Morgan fingerprint density at radius 2 is 2.04 bits per heavy atom. The molecule has 2 unspecified atom stereocenters. The number of hydrogen-bond acceptors (Lipinski definition) is 3. The number of carbonyl (C=O) groups is 1. The first-order valence-electron chi connectivity index (χ1n) is 8.70. The number of benzene rings is 1. The van der Waals surface area contributed by atoms with E-state index in [0.29, 0.717) is 11.9 Å². The Morgan fingerprint density at radius 3 is 2.88 bits per heavy atom. The molecule has 4 heterocycles. The maximum atomic E-state index is 12.3. The van der Waals surface area contributed by atoms with E-state index in [1.807, 2.05) is 35.0 Å². The molecule has 2 atom stereocenters. The summed E-state index contributed by atoms with van der Waals surface area (Å²) in [6.07, 6.45) is 6.23.